The zero-order chi connectivity index (χ0) is 18.1. The van der Waals surface area contributed by atoms with Gasteiger partial charge in [0.1, 0.15) is 0 Å². The van der Waals surface area contributed by atoms with Crippen LogP contribution in [-0.2, 0) is 4.79 Å². The summed E-state index contributed by atoms with van der Waals surface area (Å²) in [4.78, 5) is 26.4. The molecule has 0 fully saturated rings. The molecule has 0 bridgehead atoms. The summed E-state index contributed by atoms with van der Waals surface area (Å²) in [5.74, 6) is -0.206. The molecule has 0 unspecified atom stereocenters. The van der Waals surface area contributed by atoms with Crippen molar-refractivity contribution >= 4 is 23.2 Å². The molecule has 0 heterocycles. The molecule has 0 aliphatic rings. The Morgan fingerprint density at radius 3 is 2.44 bits per heavy atom. The summed E-state index contributed by atoms with van der Waals surface area (Å²) in [6.45, 7) is 5.62. The fraction of sp³-hybridized carbons (Fsp3) is 0.300. The highest BCUT2D eigenvalue weighted by molar-refractivity contribution is 6.07. The molecule has 0 saturated heterocycles. The molecular formula is C20H25N3O2. The van der Waals surface area contributed by atoms with Gasteiger partial charge in [-0.05, 0) is 50.2 Å². The number of anilines is 2. The van der Waals surface area contributed by atoms with Gasteiger partial charge in [-0.3, -0.25) is 9.59 Å². The summed E-state index contributed by atoms with van der Waals surface area (Å²) in [6, 6.07) is 16.6. The Hall–Kier alpha value is -2.66. The quantitative estimate of drug-likeness (QED) is 0.726. The number of nitrogens with one attached hydrogen (secondary N) is 2. The Labute approximate surface area is 149 Å². The average molecular weight is 339 g/mol. The molecular weight excluding hydrogens is 314 g/mol. The number of rotatable bonds is 8. The minimum Gasteiger partial charge on any atom is -0.325 e. The van der Waals surface area contributed by atoms with Crippen LogP contribution in [0.25, 0.3) is 0 Å². The van der Waals surface area contributed by atoms with Crippen LogP contribution in [0.2, 0.25) is 0 Å². The van der Waals surface area contributed by atoms with Gasteiger partial charge in [-0.25, -0.2) is 0 Å². The van der Waals surface area contributed by atoms with Gasteiger partial charge in [-0.15, -0.1) is 0 Å². The van der Waals surface area contributed by atoms with Gasteiger partial charge < -0.3 is 15.5 Å². The van der Waals surface area contributed by atoms with Crippen LogP contribution in [0.15, 0.2) is 54.6 Å². The van der Waals surface area contributed by atoms with Gasteiger partial charge in [-0.1, -0.05) is 31.2 Å². The first-order valence-electron chi connectivity index (χ1n) is 8.63. The van der Waals surface area contributed by atoms with Crippen LogP contribution in [0.5, 0.6) is 0 Å². The van der Waals surface area contributed by atoms with Crippen LogP contribution in [-0.4, -0.2) is 31.4 Å². The smallest absolute Gasteiger partial charge is 0.258 e. The summed E-state index contributed by atoms with van der Waals surface area (Å²) in [7, 11) is 0. The average Bonchev–Trinajstić information content (AvgIpc) is 2.63. The summed E-state index contributed by atoms with van der Waals surface area (Å²) in [6.07, 6.45) is 0.976. The molecule has 2 amide bonds. The zero-order valence-corrected chi connectivity index (χ0v) is 14.8. The maximum Gasteiger partial charge on any atom is 0.258 e. The minimum absolute atomic E-state index is 0.0890. The molecule has 2 aromatic carbocycles. The predicted octanol–water partition coefficient (Wildman–Crippen LogP) is 3.29. The lowest BCUT2D eigenvalue weighted by atomic mass is 10.1. The van der Waals surface area contributed by atoms with E-state index in [1.54, 1.807) is 29.2 Å². The first-order valence-corrected chi connectivity index (χ1v) is 8.63. The van der Waals surface area contributed by atoms with Gasteiger partial charge in [-0.2, -0.15) is 0 Å². The van der Waals surface area contributed by atoms with Gasteiger partial charge in [0.05, 0.1) is 6.54 Å². The third kappa shape index (κ3) is 5.43. The summed E-state index contributed by atoms with van der Waals surface area (Å²) >= 11 is 0. The Balaban J connectivity index is 2.09. The van der Waals surface area contributed by atoms with Crippen LogP contribution in [0.4, 0.5) is 11.4 Å². The van der Waals surface area contributed by atoms with Crippen molar-refractivity contribution in [1.29, 1.82) is 0 Å². The van der Waals surface area contributed by atoms with Crippen molar-refractivity contribution in [1.82, 2.24) is 5.32 Å². The normalized spacial score (nSPS) is 10.3. The van der Waals surface area contributed by atoms with Crippen molar-refractivity contribution in [2.45, 2.75) is 20.3 Å². The lowest BCUT2D eigenvalue weighted by molar-refractivity contribution is -0.115. The Kier molecular flexibility index (Phi) is 7.16. The number of carbonyl (C=O) groups excluding carboxylic acids is 2. The molecule has 0 saturated carbocycles. The van der Waals surface area contributed by atoms with Gasteiger partial charge in [0.2, 0.25) is 5.91 Å². The SMILES string of the molecule is CCCNCC(=O)Nc1cccc(C(=O)N(CC)c2ccccc2)c1. The van der Waals surface area contributed by atoms with Crippen LogP contribution in [0.1, 0.15) is 30.6 Å². The molecule has 2 rings (SSSR count). The third-order valence-electron chi connectivity index (χ3n) is 3.73. The van der Waals surface area contributed by atoms with Crippen molar-refractivity contribution in [2.24, 2.45) is 0 Å². The maximum atomic E-state index is 12.8. The largest absolute Gasteiger partial charge is 0.325 e. The third-order valence-corrected chi connectivity index (χ3v) is 3.73. The van der Waals surface area contributed by atoms with Crippen molar-refractivity contribution in [3.05, 3.63) is 60.2 Å². The second-order valence-corrected chi connectivity index (χ2v) is 5.69. The van der Waals surface area contributed by atoms with Crippen molar-refractivity contribution in [3.8, 4) is 0 Å². The lowest BCUT2D eigenvalue weighted by Gasteiger charge is -2.21. The van der Waals surface area contributed by atoms with Gasteiger partial charge in [0.25, 0.3) is 5.91 Å². The highest BCUT2D eigenvalue weighted by atomic mass is 16.2. The number of hydrogen-bond acceptors (Lipinski definition) is 3. The number of nitrogens with zero attached hydrogens (tertiary/aromatic N) is 1. The summed E-state index contributed by atoms with van der Waals surface area (Å²) < 4.78 is 0. The molecule has 5 nitrogen and oxygen atoms in total. The molecule has 0 aromatic heterocycles. The molecule has 0 aliphatic heterocycles. The molecule has 0 spiro atoms. The highest BCUT2D eigenvalue weighted by Crippen LogP contribution is 2.18. The highest BCUT2D eigenvalue weighted by Gasteiger charge is 2.16. The minimum atomic E-state index is -0.117. The molecule has 0 aliphatic carbocycles. The summed E-state index contributed by atoms with van der Waals surface area (Å²) in [5.41, 5.74) is 2.02. The van der Waals surface area contributed by atoms with E-state index in [4.69, 9.17) is 0 Å². The number of amides is 2. The van der Waals surface area contributed by atoms with Crippen LogP contribution in [0.3, 0.4) is 0 Å². The number of para-hydroxylation sites is 1. The number of benzene rings is 2. The Morgan fingerprint density at radius 2 is 1.76 bits per heavy atom. The van der Waals surface area contributed by atoms with Gasteiger partial charge >= 0.3 is 0 Å². The lowest BCUT2D eigenvalue weighted by Crippen LogP contribution is -2.31. The van der Waals surface area contributed by atoms with Gasteiger partial charge in [0.15, 0.2) is 0 Å². The van der Waals surface area contributed by atoms with Crippen LogP contribution in [0, 0.1) is 0 Å². The standard InChI is InChI=1S/C20H25N3O2/c1-3-13-21-15-19(24)22-17-10-8-9-16(14-17)20(25)23(4-2)18-11-6-5-7-12-18/h5-12,14,21H,3-4,13,15H2,1-2H3,(H,22,24). The van der Waals surface area contributed by atoms with E-state index in [9.17, 15) is 9.59 Å². The van der Waals surface area contributed by atoms with Crippen LogP contribution < -0.4 is 15.5 Å². The topological polar surface area (TPSA) is 61.4 Å². The number of carbonyl (C=O) groups is 2. The van der Waals surface area contributed by atoms with Gasteiger partial charge in [0, 0.05) is 23.5 Å². The van der Waals surface area contributed by atoms with Crippen LogP contribution >= 0.6 is 0 Å². The summed E-state index contributed by atoms with van der Waals surface area (Å²) in [5, 5.41) is 5.87. The molecule has 5 heteroatoms. The second-order valence-electron chi connectivity index (χ2n) is 5.69. The fourth-order valence-corrected chi connectivity index (χ4v) is 2.52. The van der Waals surface area contributed by atoms with E-state index in [-0.39, 0.29) is 18.4 Å². The molecule has 2 N–H and O–H groups in total. The van der Waals surface area contributed by atoms with E-state index in [1.807, 2.05) is 44.2 Å². The number of hydrogen-bond donors (Lipinski definition) is 2. The molecule has 0 atom stereocenters. The van der Waals surface area contributed by atoms with E-state index < -0.39 is 0 Å². The van der Waals surface area contributed by atoms with Crippen molar-refractivity contribution in [2.75, 3.05) is 29.9 Å². The first kappa shape index (κ1) is 18.7. The monoisotopic (exact) mass is 339 g/mol. The molecule has 132 valence electrons. The second kappa shape index (κ2) is 9.59. The van der Waals surface area contributed by atoms with E-state index in [2.05, 4.69) is 10.6 Å². The fourth-order valence-electron chi connectivity index (χ4n) is 2.52. The van der Waals surface area contributed by atoms with E-state index >= 15 is 0 Å². The Morgan fingerprint density at radius 1 is 1.00 bits per heavy atom. The maximum absolute atomic E-state index is 12.8. The molecule has 25 heavy (non-hydrogen) atoms. The van der Waals surface area contributed by atoms with E-state index in [0.717, 1.165) is 18.7 Å². The molecule has 2 aromatic rings. The molecule has 0 radical (unpaired) electrons. The zero-order valence-electron chi connectivity index (χ0n) is 14.8. The first-order chi connectivity index (χ1) is 12.2. The van der Waals surface area contributed by atoms with E-state index in [0.29, 0.717) is 17.8 Å². The predicted molar refractivity (Wildman–Crippen MR) is 102 cm³/mol. The van der Waals surface area contributed by atoms with E-state index in [1.165, 1.54) is 0 Å². The van der Waals surface area contributed by atoms with Crippen molar-refractivity contribution in [3.63, 3.8) is 0 Å². The van der Waals surface area contributed by atoms with Crippen molar-refractivity contribution < 1.29 is 9.59 Å². The Bertz CT molecular complexity index is 701.